The van der Waals surface area contributed by atoms with E-state index in [-0.39, 0.29) is 0 Å². The average Bonchev–Trinajstić information content (AvgIpc) is 2.67. The summed E-state index contributed by atoms with van der Waals surface area (Å²) in [7, 11) is 0. The predicted molar refractivity (Wildman–Crippen MR) is 54.8 cm³/mol. The van der Waals surface area contributed by atoms with Crippen LogP contribution in [0.4, 0.5) is 0 Å². The minimum atomic E-state index is 0.345. The van der Waals surface area contributed by atoms with Crippen LogP contribution in [0.3, 0.4) is 0 Å². The second-order valence-corrected chi connectivity index (χ2v) is 3.31. The molecule has 0 atom stereocenters. The van der Waals surface area contributed by atoms with Gasteiger partial charge in [-0.15, -0.1) is 0 Å². The fourth-order valence-corrected chi connectivity index (χ4v) is 1.40. The molecule has 0 bridgehead atoms. The van der Waals surface area contributed by atoms with Gasteiger partial charge >= 0.3 is 0 Å². The summed E-state index contributed by atoms with van der Waals surface area (Å²) in [5.74, 6) is 0.687. The molecule has 14 heavy (non-hydrogen) atoms. The van der Waals surface area contributed by atoms with Gasteiger partial charge in [-0.2, -0.15) is 0 Å². The molecular formula is C10H9ClN2O. The van der Waals surface area contributed by atoms with Crippen LogP contribution in [-0.2, 0) is 6.54 Å². The van der Waals surface area contributed by atoms with Crippen molar-refractivity contribution in [2.45, 2.75) is 6.54 Å². The smallest absolute Gasteiger partial charge is 0.158 e. The normalized spacial score (nSPS) is 10.4. The maximum Gasteiger partial charge on any atom is 0.158 e. The van der Waals surface area contributed by atoms with Crippen molar-refractivity contribution in [3.05, 3.63) is 41.2 Å². The molecule has 0 unspecified atom stereocenters. The van der Waals surface area contributed by atoms with Gasteiger partial charge < -0.3 is 10.3 Å². The van der Waals surface area contributed by atoms with Crippen LogP contribution in [0.15, 0.2) is 35.0 Å². The summed E-state index contributed by atoms with van der Waals surface area (Å²) in [6.07, 6.45) is 1.66. The summed E-state index contributed by atoms with van der Waals surface area (Å²) in [6.45, 7) is 0.345. The SMILES string of the molecule is NCc1oncc1-c1ccc(Cl)cc1. The molecule has 1 aromatic carbocycles. The minimum Gasteiger partial charge on any atom is -0.359 e. The molecule has 4 heteroatoms. The van der Waals surface area contributed by atoms with Crippen LogP contribution >= 0.6 is 11.6 Å². The Bertz CT molecular complexity index is 422. The average molecular weight is 209 g/mol. The zero-order chi connectivity index (χ0) is 9.97. The molecule has 2 N–H and O–H groups in total. The van der Waals surface area contributed by atoms with E-state index < -0.39 is 0 Å². The van der Waals surface area contributed by atoms with E-state index in [4.69, 9.17) is 21.9 Å². The summed E-state index contributed by atoms with van der Waals surface area (Å²) < 4.78 is 4.99. The van der Waals surface area contributed by atoms with Crippen molar-refractivity contribution >= 4 is 11.6 Å². The second-order valence-electron chi connectivity index (χ2n) is 2.87. The summed E-state index contributed by atoms with van der Waals surface area (Å²) in [4.78, 5) is 0. The van der Waals surface area contributed by atoms with Crippen molar-refractivity contribution in [3.8, 4) is 11.1 Å². The van der Waals surface area contributed by atoms with Gasteiger partial charge in [0.1, 0.15) is 0 Å². The van der Waals surface area contributed by atoms with Gasteiger partial charge in [0.15, 0.2) is 5.76 Å². The fourth-order valence-electron chi connectivity index (χ4n) is 1.28. The molecule has 1 heterocycles. The van der Waals surface area contributed by atoms with Crippen molar-refractivity contribution in [3.63, 3.8) is 0 Å². The van der Waals surface area contributed by atoms with Crippen molar-refractivity contribution in [1.29, 1.82) is 0 Å². The summed E-state index contributed by atoms with van der Waals surface area (Å²) in [6, 6.07) is 7.47. The number of benzene rings is 1. The topological polar surface area (TPSA) is 52.0 Å². The van der Waals surface area contributed by atoms with E-state index in [0.717, 1.165) is 11.1 Å². The molecule has 0 saturated heterocycles. The summed E-state index contributed by atoms with van der Waals surface area (Å²) in [5, 5.41) is 4.41. The first-order valence-corrected chi connectivity index (χ1v) is 4.58. The number of hydrogen-bond donors (Lipinski definition) is 1. The number of aromatic nitrogens is 1. The van der Waals surface area contributed by atoms with Crippen LogP contribution in [0, 0.1) is 0 Å². The van der Waals surface area contributed by atoms with Gasteiger partial charge in [0.2, 0.25) is 0 Å². The Morgan fingerprint density at radius 2 is 2.00 bits per heavy atom. The van der Waals surface area contributed by atoms with Crippen LogP contribution in [-0.4, -0.2) is 5.16 Å². The van der Waals surface area contributed by atoms with Crippen molar-refractivity contribution < 1.29 is 4.52 Å². The van der Waals surface area contributed by atoms with E-state index >= 15 is 0 Å². The van der Waals surface area contributed by atoms with E-state index in [9.17, 15) is 0 Å². The Kier molecular flexibility index (Phi) is 2.52. The molecule has 0 spiro atoms. The lowest BCUT2D eigenvalue weighted by atomic mass is 10.1. The second kappa shape index (κ2) is 3.82. The largest absolute Gasteiger partial charge is 0.359 e. The Hall–Kier alpha value is -1.32. The molecule has 0 aliphatic carbocycles. The molecule has 2 aromatic rings. The van der Waals surface area contributed by atoms with Gasteiger partial charge in [0.05, 0.1) is 12.7 Å². The van der Waals surface area contributed by atoms with Gasteiger partial charge in [0, 0.05) is 10.6 Å². The molecule has 0 amide bonds. The number of hydrogen-bond acceptors (Lipinski definition) is 3. The highest BCUT2D eigenvalue weighted by atomic mass is 35.5. The Balaban J connectivity index is 2.44. The van der Waals surface area contributed by atoms with E-state index in [1.807, 2.05) is 24.3 Å². The van der Waals surface area contributed by atoms with Crippen LogP contribution in [0.5, 0.6) is 0 Å². The molecule has 0 saturated carbocycles. The van der Waals surface area contributed by atoms with Crippen LogP contribution in [0.25, 0.3) is 11.1 Å². The van der Waals surface area contributed by atoms with E-state index in [2.05, 4.69) is 5.16 Å². The molecule has 2 rings (SSSR count). The fraction of sp³-hybridized carbons (Fsp3) is 0.100. The highest BCUT2D eigenvalue weighted by Crippen LogP contribution is 2.24. The maximum atomic E-state index is 5.78. The molecule has 0 radical (unpaired) electrons. The molecule has 1 aromatic heterocycles. The lowest BCUT2D eigenvalue weighted by Gasteiger charge is -1.98. The third kappa shape index (κ3) is 1.64. The summed E-state index contributed by atoms with van der Waals surface area (Å²) in [5.41, 5.74) is 7.43. The van der Waals surface area contributed by atoms with Gasteiger partial charge in [-0.05, 0) is 17.7 Å². The third-order valence-electron chi connectivity index (χ3n) is 1.99. The Morgan fingerprint density at radius 1 is 1.29 bits per heavy atom. The van der Waals surface area contributed by atoms with Gasteiger partial charge in [-0.25, -0.2) is 0 Å². The highest BCUT2D eigenvalue weighted by molar-refractivity contribution is 6.30. The Morgan fingerprint density at radius 3 is 2.64 bits per heavy atom. The highest BCUT2D eigenvalue weighted by Gasteiger charge is 2.07. The molecule has 72 valence electrons. The summed E-state index contributed by atoms with van der Waals surface area (Å²) >= 11 is 5.78. The first-order chi connectivity index (χ1) is 6.81. The lowest BCUT2D eigenvalue weighted by Crippen LogP contribution is -1.95. The van der Waals surface area contributed by atoms with Crippen LogP contribution in [0.1, 0.15) is 5.76 Å². The van der Waals surface area contributed by atoms with Gasteiger partial charge in [-0.3, -0.25) is 0 Å². The quantitative estimate of drug-likeness (QED) is 0.825. The van der Waals surface area contributed by atoms with Crippen LogP contribution in [0.2, 0.25) is 5.02 Å². The van der Waals surface area contributed by atoms with E-state index in [1.54, 1.807) is 6.20 Å². The number of halogens is 1. The molecule has 0 aliphatic heterocycles. The van der Waals surface area contributed by atoms with E-state index in [0.29, 0.717) is 17.3 Å². The zero-order valence-corrected chi connectivity index (χ0v) is 8.16. The first-order valence-electron chi connectivity index (χ1n) is 4.21. The van der Waals surface area contributed by atoms with Crippen molar-refractivity contribution in [2.24, 2.45) is 5.73 Å². The maximum absolute atomic E-state index is 5.78. The van der Waals surface area contributed by atoms with Gasteiger partial charge in [-0.1, -0.05) is 28.9 Å². The molecular weight excluding hydrogens is 200 g/mol. The molecule has 3 nitrogen and oxygen atoms in total. The monoisotopic (exact) mass is 208 g/mol. The zero-order valence-electron chi connectivity index (χ0n) is 7.40. The van der Waals surface area contributed by atoms with Crippen molar-refractivity contribution in [1.82, 2.24) is 5.16 Å². The molecule has 0 aliphatic rings. The van der Waals surface area contributed by atoms with Crippen LogP contribution < -0.4 is 5.73 Å². The minimum absolute atomic E-state index is 0.345. The molecule has 0 fully saturated rings. The number of nitrogens with two attached hydrogens (primary N) is 1. The van der Waals surface area contributed by atoms with Gasteiger partial charge in [0.25, 0.3) is 0 Å². The predicted octanol–water partition coefficient (Wildman–Crippen LogP) is 2.45. The van der Waals surface area contributed by atoms with E-state index in [1.165, 1.54) is 0 Å². The lowest BCUT2D eigenvalue weighted by molar-refractivity contribution is 0.385. The number of rotatable bonds is 2. The number of nitrogens with zero attached hydrogens (tertiary/aromatic N) is 1. The first kappa shape index (κ1) is 9.24. The standard InChI is InChI=1S/C10H9ClN2O/c11-8-3-1-7(2-4-8)9-6-13-14-10(9)5-12/h1-4,6H,5,12H2. The third-order valence-corrected chi connectivity index (χ3v) is 2.24. The van der Waals surface area contributed by atoms with Crippen molar-refractivity contribution in [2.75, 3.05) is 0 Å². The Labute approximate surface area is 86.5 Å².